The summed E-state index contributed by atoms with van der Waals surface area (Å²) in [4.78, 5) is 14.2. The van der Waals surface area contributed by atoms with Crippen molar-refractivity contribution in [3.63, 3.8) is 0 Å². The highest BCUT2D eigenvalue weighted by Crippen LogP contribution is 2.19. The fourth-order valence-electron chi connectivity index (χ4n) is 3.10. The van der Waals surface area contributed by atoms with Crippen molar-refractivity contribution >= 4 is 15.7 Å². The van der Waals surface area contributed by atoms with Gasteiger partial charge in [0.05, 0.1) is 11.5 Å². The fraction of sp³-hybridized carbons (Fsp3) is 0.632. The van der Waals surface area contributed by atoms with Crippen molar-refractivity contribution in [2.45, 2.75) is 37.0 Å². The number of sulfone groups is 1. The maximum absolute atomic E-state index is 12.2. The molecule has 146 valence electrons. The van der Waals surface area contributed by atoms with Crippen LogP contribution in [0.25, 0.3) is 0 Å². The van der Waals surface area contributed by atoms with Crippen LogP contribution in [-0.4, -0.2) is 58.8 Å². The van der Waals surface area contributed by atoms with Gasteiger partial charge in [-0.15, -0.1) is 0 Å². The van der Waals surface area contributed by atoms with Gasteiger partial charge >= 0.3 is 0 Å². The van der Waals surface area contributed by atoms with Crippen molar-refractivity contribution in [3.8, 4) is 5.75 Å². The Labute approximate surface area is 156 Å². The fourth-order valence-corrected chi connectivity index (χ4v) is 3.76. The summed E-state index contributed by atoms with van der Waals surface area (Å²) >= 11 is 0. The van der Waals surface area contributed by atoms with Crippen LogP contribution in [0, 0.1) is 5.92 Å². The lowest BCUT2D eigenvalue weighted by molar-refractivity contribution is -0.130. The molecule has 0 radical (unpaired) electrons. The maximum atomic E-state index is 12.2. The summed E-state index contributed by atoms with van der Waals surface area (Å²) < 4.78 is 28.7. The third-order valence-electron chi connectivity index (χ3n) is 4.79. The highest BCUT2D eigenvalue weighted by atomic mass is 32.2. The number of nitrogens with one attached hydrogen (secondary N) is 1. The second-order valence-corrected chi connectivity index (χ2v) is 9.01. The van der Waals surface area contributed by atoms with Gasteiger partial charge in [-0.3, -0.25) is 4.79 Å². The number of benzene rings is 1. The van der Waals surface area contributed by atoms with Gasteiger partial charge in [0.15, 0.2) is 9.84 Å². The smallest absolute Gasteiger partial charge is 0.222 e. The number of hydrogen-bond donors (Lipinski definition) is 1. The van der Waals surface area contributed by atoms with Gasteiger partial charge in [0, 0.05) is 26.3 Å². The van der Waals surface area contributed by atoms with E-state index in [1.54, 1.807) is 23.1 Å². The van der Waals surface area contributed by atoms with E-state index in [1.807, 2.05) is 7.05 Å². The van der Waals surface area contributed by atoms with E-state index in [0.717, 1.165) is 32.4 Å². The molecule has 1 fully saturated rings. The first-order valence-electron chi connectivity index (χ1n) is 9.24. The summed E-state index contributed by atoms with van der Waals surface area (Å²) in [5, 5.41) is 3.34. The lowest BCUT2D eigenvalue weighted by Gasteiger charge is -2.23. The Bertz CT molecular complexity index is 685. The van der Waals surface area contributed by atoms with Crippen LogP contribution in [0.15, 0.2) is 29.2 Å². The number of hydrogen-bond acceptors (Lipinski definition) is 5. The van der Waals surface area contributed by atoms with Crippen LogP contribution >= 0.6 is 0 Å². The predicted molar refractivity (Wildman–Crippen MR) is 102 cm³/mol. The van der Waals surface area contributed by atoms with Crippen LogP contribution < -0.4 is 10.1 Å². The lowest BCUT2D eigenvalue weighted by Crippen LogP contribution is -2.31. The molecule has 1 aliphatic heterocycles. The average molecular weight is 383 g/mol. The van der Waals surface area contributed by atoms with Crippen LogP contribution in [0.2, 0.25) is 0 Å². The first-order chi connectivity index (χ1) is 12.4. The summed E-state index contributed by atoms with van der Waals surface area (Å²) in [6.07, 6.45) is 5.79. The van der Waals surface area contributed by atoms with Gasteiger partial charge in [0.25, 0.3) is 0 Å². The molecule has 1 aromatic rings. The van der Waals surface area contributed by atoms with Crippen LogP contribution in [0.5, 0.6) is 5.75 Å². The van der Waals surface area contributed by atoms with Crippen LogP contribution in [0.1, 0.15) is 32.1 Å². The molecule has 0 atom stereocenters. The van der Waals surface area contributed by atoms with Crippen molar-refractivity contribution in [1.29, 1.82) is 0 Å². The largest absolute Gasteiger partial charge is 0.493 e. The molecule has 1 aliphatic rings. The summed E-state index contributed by atoms with van der Waals surface area (Å²) in [5.41, 5.74) is 0. The number of ether oxygens (including phenoxy) is 1. The van der Waals surface area contributed by atoms with E-state index in [2.05, 4.69) is 5.32 Å². The van der Waals surface area contributed by atoms with E-state index >= 15 is 0 Å². The van der Waals surface area contributed by atoms with Gasteiger partial charge in [-0.1, -0.05) is 6.07 Å². The molecular formula is C19H30N2O4S. The maximum Gasteiger partial charge on any atom is 0.222 e. The molecule has 7 heteroatoms. The van der Waals surface area contributed by atoms with Crippen molar-refractivity contribution in [1.82, 2.24) is 10.2 Å². The monoisotopic (exact) mass is 382 g/mol. The number of carbonyl (C=O) groups is 1. The molecular weight excluding hydrogens is 352 g/mol. The highest BCUT2D eigenvalue weighted by molar-refractivity contribution is 7.90. The molecule has 0 aliphatic carbocycles. The summed E-state index contributed by atoms with van der Waals surface area (Å²) in [6, 6.07) is 6.49. The zero-order valence-corrected chi connectivity index (χ0v) is 16.6. The second kappa shape index (κ2) is 9.92. The third kappa shape index (κ3) is 6.96. The minimum absolute atomic E-state index is 0.183. The minimum atomic E-state index is -3.23. The van der Waals surface area contributed by atoms with E-state index < -0.39 is 9.84 Å². The first kappa shape index (κ1) is 20.7. The molecule has 6 nitrogen and oxygen atoms in total. The van der Waals surface area contributed by atoms with Crippen LogP contribution in [-0.2, 0) is 14.6 Å². The summed E-state index contributed by atoms with van der Waals surface area (Å²) in [5.74, 6) is 1.38. The SMILES string of the molecule is CN(CCCOc1cccc(S(C)(=O)=O)c1)C(=O)CCC1CCNCC1. The van der Waals surface area contributed by atoms with E-state index in [4.69, 9.17) is 4.74 Å². The average Bonchev–Trinajstić information content (AvgIpc) is 2.63. The van der Waals surface area contributed by atoms with Gasteiger partial charge in [-0.05, 0) is 62.9 Å². The number of rotatable bonds is 9. The predicted octanol–water partition coefficient (Wildman–Crippen LogP) is 2.10. The molecule has 0 aromatic heterocycles. The van der Waals surface area contributed by atoms with Gasteiger partial charge in [-0.25, -0.2) is 8.42 Å². The van der Waals surface area contributed by atoms with E-state index in [0.29, 0.717) is 37.7 Å². The Morgan fingerprint density at radius 3 is 2.73 bits per heavy atom. The van der Waals surface area contributed by atoms with Crippen LogP contribution in [0.3, 0.4) is 0 Å². The summed E-state index contributed by atoms with van der Waals surface area (Å²) in [6.45, 7) is 3.20. The molecule has 2 rings (SSSR count). The second-order valence-electron chi connectivity index (χ2n) is 7.00. The van der Waals surface area contributed by atoms with Crippen molar-refractivity contribution in [2.75, 3.05) is 39.5 Å². The minimum Gasteiger partial charge on any atom is -0.493 e. The molecule has 1 heterocycles. The zero-order chi connectivity index (χ0) is 19.0. The van der Waals surface area contributed by atoms with Crippen molar-refractivity contribution in [2.24, 2.45) is 5.92 Å². The molecule has 0 saturated carbocycles. The van der Waals surface area contributed by atoms with E-state index in [9.17, 15) is 13.2 Å². The Hall–Kier alpha value is -1.60. The van der Waals surface area contributed by atoms with Crippen LogP contribution in [0.4, 0.5) is 0 Å². The number of nitrogens with zero attached hydrogens (tertiary/aromatic N) is 1. The molecule has 26 heavy (non-hydrogen) atoms. The Morgan fingerprint density at radius 1 is 1.31 bits per heavy atom. The highest BCUT2D eigenvalue weighted by Gasteiger charge is 2.16. The molecule has 0 spiro atoms. The lowest BCUT2D eigenvalue weighted by atomic mass is 9.93. The van der Waals surface area contributed by atoms with E-state index in [1.165, 1.54) is 12.3 Å². The molecule has 1 N–H and O–H groups in total. The zero-order valence-electron chi connectivity index (χ0n) is 15.7. The number of amides is 1. The van der Waals surface area contributed by atoms with Gasteiger partial charge in [-0.2, -0.15) is 0 Å². The van der Waals surface area contributed by atoms with Gasteiger partial charge < -0.3 is 15.0 Å². The van der Waals surface area contributed by atoms with Gasteiger partial charge in [0.2, 0.25) is 5.91 Å². The Balaban J connectivity index is 1.66. The van der Waals surface area contributed by atoms with E-state index in [-0.39, 0.29) is 10.8 Å². The quantitative estimate of drug-likeness (QED) is 0.662. The third-order valence-corrected chi connectivity index (χ3v) is 5.90. The first-order valence-corrected chi connectivity index (χ1v) is 11.1. The summed E-state index contributed by atoms with van der Waals surface area (Å²) in [7, 11) is -1.40. The van der Waals surface area contributed by atoms with Crippen molar-refractivity contribution in [3.05, 3.63) is 24.3 Å². The number of carbonyl (C=O) groups excluding carboxylic acids is 1. The Kier molecular flexibility index (Phi) is 7.90. The molecule has 1 saturated heterocycles. The number of piperidine rings is 1. The van der Waals surface area contributed by atoms with Gasteiger partial charge in [0.1, 0.15) is 5.75 Å². The standard InChI is InChI=1S/C19H30N2O4S/c1-21(19(22)8-7-16-9-11-20-12-10-16)13-4-14-25-17-5-3-6-18(15-17)26(2,23)24/h3,5-6,15-16,20H,4,7-14H2,1-2H3. The molecule has 0 unspecified atom stereocenters. The molecule has 1 amide bonds. The van der Waals surface area contributed by atoms with Crippen molar-refractivity contribution < 1.29 is 17.9 Å². The molecule has 0 bridgehead atoms. The topological polar surface area (TPSA) is 75.7 Å². The Morgan fingerprint density at radius 2 is 2.04 bits per heavy atom. The normalized spacial score (nSPS) is 15.6. The molecule has 1 aromatic carbocycles.